The van der Waals surface area contributed by atoms with Gasteiger partial charge >= 0.3 is 0 Å². The highest BCUT2D eigenvalue weighted by Gasteiger charge is 2.50. The first kappa shape index (κ1) is 51.7. The average molecular weight is 1210 g/mol. The zero-order chi connectivity index (χ0) is 43.2. The second kappa shape index (κ2) is 28.1. The number of halogens is 5. The lowest BCUT2D eigenvalue weighted by atomic mass is 9.89. The van der Waals surface area contributed by atoms with Crippen LogP contribution in [0, 0.1) is 0 Å². The van der Waals surface area contributed by atoms with Crippen molar-refractivity contribution in [2.75, 3.05) is 38.7 Å². The van der Waals surface area contributed by atoms with E-state index in [1.54, 1.807) is 10.4 Å². The number of thioether (sulfide) groups is 1. The van der Waals surface area contributed by atoms with Crippen molar-refractivity contribution in [3.63, 3.8) is 0 Å². The van der Waals surface area contributed by atoms with Gasteiger partial charge in [0.15, 0.2) is 0 Å². The summed E-state index contributed by atoms with van der Waals surface area (Å²) in [6, 6.07) is 61.0. The van der Waals surface area contributed by atoms with Crippen molar-refractivity contribution in [2.45, 2.75) is 105 Å². The van der Waals surface area contributed by atoms with Gasteiger partial charge < -0.3 is 0 Å². The van der Waals surface area contributed by atoms with Gasteiger partial charge in [-0.3, -0.25) is 0 Å². The topological polar surface area (TPSA) is 0 Å². The molecule has 5 rings (SSSR count). The van der Waals surface area contributed by atoms with Gasteiger partial charge in [0.05, 0.1) is 16.1 Å². The largest absolute Gasteiger partial charge is 0.166 e. The summed E-state index contributed by atoms with van der Waals surface area (Å²) in [5.41, 5.74) is 8.68. The van der Waals surface area contributed by atoms with Crippen LogP contribution in [0.3, 0.4) is 0 Å². The van der Waals surface area contributed by atoms with Gasteiger partial charge in [-0.15, -0.1) is 0 Å². The number of alkyl halides is 5. The van der Waals surface area contributed by atoms with Gasteiger partial charge in [0.1, 0.15) is 8.07 Å². The SMILES string of the molecule is CSCC[Si](CCCBr)(CCCBr)CCC[Si]1(CCC[Si](CCCBr)(CCCBr)CCCBr)C(c2ccccc2)=C(c2ccccc2)C(c2ccccc2)=C1c1ccccc1. The van der Waals surface area contributed by atoms with Crippen LogP contribution in [0.2, 0.25) is 60.4 Å². The summed E-state index contributed by atoms with van der Waals surface area (Å²) < 4.78 is 0. The summed E-state index contributed by atoms with van der Waals surface area (Å²) >= 11 is 21.5. The van der Waals surface area contributed by atoms with Gasteiger partial charge in [-0.25, -0.2) is 0 Å². The number of hydrogen-bond acceptors (Lipinski definition) is 1. The minimum absolute atomic E-state index is 1.12. The van der Waals surface area contributed by atoms with E-state index in [-0.39, 0.29) is 0 Å². The van der Waals surface area contributed by atoms with E-state index in [4.69, 9.17) is 0 Å². The van der Waals surface area contributed by atoms with E-state index in [1.807, 2.05) is 0 Å². The first-order valence-electron chi connectivity index (χ1n) is 23.0. The Morgan fingerprint density at radius 2 is 0.656 bits per heavy atom. The molecule has 0 saturated heterocycles. The Bertz CT molecular complexity index is 1710. The molecular formula is C52H69Br5SSi3. The lowest BCUT2D eigenvalue weighted by molar-refractivity contribution is 0.881. The second-order valence-electron chi connectivity index (χ2n) is 17.5. The quantitative estimate of drug-likeness (QED) is 0.0370. The molecule has 1 heterocycles. The summed E-state index contributed by atoms with van der Waals surface area (Å²) in [6.45, 7) is 0. The third-order valence-corrected chi connectivity index (χ3v) is 34.0. The third kappa shape index (κ3) is 14.4. The number of rotatable bonds is 30. The summed E-state index contributed by atoms with van der Waals surface area (Å²) in [4.78, 5) is 0. The predicted molar refractivity (Wildman–Crippen MR) is 304 cm³/mol. The van der Waals surface area contributed by atoms with Gasteiger partial charge in [-0.2, -0.15) is 11.8 Å². The fourth-order valence-corrected chi connectivity index (χ4v) is 33.6. The molecule has 0 spiro atoms. The normalized spacial score (nSPS) is 14.3. The molecule has 330 valence electrons. The standard InChI is InChI=1S/C52H69Br5SSi3/c1-58-34-44-60(38-17-32-56,39-18-33-57)41-20-43-61(42-19-40-59(35-14-29-53,36-15-30-54)37-16-31-55)51(47-25-10-4-11-26-47)49(45-21-6-2-7-22-45)50(46-23-8-3-9-24-46)52(61)48-27-12-5-13-28-48/h2-13,21-28H,14-20,29-44H2,1H3. The fourth-order valence-electron chi connectivity index (χ4n) is 10.9. The molecule has 0 amide bonds. The Morgan fingerprint density at radius 3 is 0.951 bits per heavy atom. The summed E-state index contributed by atoms with van der Waals surface area (Å²) in [5.74, 6) is 1.31. The zero-order valence-corrected chi connectivity index (χ0v) is 48.4. The van der Waals surface area contributed by atoms with Crippen molar-refractivity contribution < 1.29 is 0 Å². The maximum atomic E-state index is 3.88. The zero-order valence-electron chi connectivity index (χ0n) is 36.6. The van der Waals surface area contributed by atoms with Crippen LogP contribution in [0.25, 0.3) is 21.5 Å². The molecule has 0 unspecified atom stereocenters. The average Bonchev–Trinajstić information content (AvgIpc) is 3.61. The van der Waals surface area contributed by atoms with Gasteiger partial charge in [0, 0.05) is 26.7 Å². The van der Waals surface area contributed by atoms with E-state index in [1.165, 1.54) is 145 Å². The molecule has 1 aliphatic rings. The van der Waals surface area contributed by atoms with Crippen LogP contribution in [-0.2, 0) is 0 Å². The van der Waals surface area contributed by atoms with Gasteiger partial charge in [-0.05, 0) is 106 Å². The Hall–Kier alpha value is -0.239. The monoisotopic (exact) mass is 1200 g/mol. The number of hydrogen-bond donors (Lipinski definition) is 0. The van der Waals surface area contributed by atoms with Crippen LogP contribution in [0.5, 0.6) is 0 Å². The highest BCUT2D eigenvalue weighted by atomic mass is 79.9. The van der Waals surface area contributed by atoms with Crippen LogP contribution < -0.4 is 0 Å². The molecule has 61 heavy (non-hydrogen) atoms. The van der Waals surface area contributed by atoms with E-state index in [0.29, 0.717) is 0 Å². The van der Waals surface area contributed by atoms with Crippen LogP contribution in [-0.4, -0.2) is 62.9 Å². The minimum atomic E-state index is -2.50. The van der Waals surface area contributed by atoms with Crippen molar-refractivity contribution in [1.82, 2.24) is 0 Å². The summed E-state index contributed by atoms with van der Waals surface area (Å²) in [7, 11) is -5.57. The van der Waals surface area contributed by atoms with E-state index in [0.717, 1.165) is 26.7 Å². The molecular weight excluding hydrogens is 1140 g/mol. The fraction of sp³-hybridized carbons (Fsp3) is 0.462. The van der Waals surface area contributed by atoms with Crippen molar-refractivity contribution in [3.05, 3.63) is 144 Å². The molecule has 0 radical (unpaired) electrons. The second-order valence-corrected chi connectivity index (χ2v) is 36.6. The minimum Gasteiger partial charge on any atom is -0.166 e. The lowest BCUT2D eigenvalue weighted by Crippen LogP contribution is -2.40. The molecule has 0 nitrogen and oxygen atoms in total. The van der Waals surface area contributed by atoms with Crippen molar-refractivity contribution in [2.24, 2.45) is 0 Å². The molecule has 0 saturated carbocycles. The van der Waals surface area contributed by atoms with Gasteiger partial charge in [0.25, 0.3) is 0 Å². The third-order valence-electron chi connectivity index (χ3n) is 13.6. The molecule has 4 aromatic carbocycles. The molecule has 0 atom stereocenters. The molecule has 0 fully saturated rings. The number of allylic oxidation sites excluding steroid dienone is 2. The maximum Gasteiger partial charge on any atom is 0.121 e. The Balaban J connectivity index is 1.80. The molecule has 0 N–H and O–H groups in total. The van der Waals surface area contributed by atoms with Crippen LogP contribution in [0.15, 0.2) is 121 Å². The van der Waals surface area contributed by atoms with Gasteiger partial charge in [0.2, 0.25) is 0 Å². The van der Waals surface area contributed by atoms with Crippen molar-refractivity contribution in [1.29, 1.82) is 0 Å². The van der Waals surface area contributed by atoms with Crippen molar-refractivity contribution in [3.8, 4) is 0 Å². The van der Waals surface area contributed by atoms with Crippen LogP contribution in [0.4, 0.5) is 0 Å². The Morgan fingerprint density at radius 1 is 0.377 bits per heavy atom. The lowest BCUT2D eigenvalue weighted by Gasteiger charge is -2.39. The van der Waals surface area contributed by atoms with Crippen LogP contribution >= 0.6 is 91.4 Å². The predicted octanol–water partition coefficient (Wildman–Crippen LogP) is 18.7. The first-order valence-corrected chi connectivity index (χ1v) is 38.0. The van der Waals surface area contributed by atoms with Gasteiger partial charge in [-0.1, -0.05) is 256 Å². The van der Waals surface area contributed by atoms with E-state index >= 15 is 0 Å². The summed E-state index contributed by atoms with van der Waals surface area (Å²) in [5, 5.41) is 9.04. The highest BCUT2D eigenvalue weighted by Crippen LogP contribution is 2.59. The molecule has 0 bridgehead atoms. The van der Waals surface area contributed by atoms with E-state index in [2.05, 4.69) is 219 Å². The Kier molecular flexibility index (Phi) is 23.8. The maximum absolute atomic E-state index is 3.88. The molecule has 1 aliphatic heterocycles. The number of benzene rings is 4. The van der Waals surface area contributed by atoms with E-state index in [9.17, 15) is 0 Å². The summed E-state index contributed by atoms with van der Waals surface area (Å²) in [6.07, 6.45) is 11.6. The van der Waals surface area contributed by atoms with Crippen LogP contribution in [0.1, 0.15) is 67.2 Å². The highest BCUT2D eigenvalue weighted by molar-refractivity contribution is 9.09. The molecule has 9 heteroatoms. The van der Waals surface area contributed by atoms with Crippen molar-refractivity contribution >= 4 is 137 Å². The van der Waals surface area contributed by atoms with E-state index < -0.39 is 24.2 Å². The first-order chi connectivity index (χ1) is 30.0. The Labute approximate surface area is 420 Å². The molecule has 0 aliphatic carbocycles. The molecule has 4 aromatic rings. The smallest absolute Gasteiger partial charge is 0.121 e. The molecule has 0 aromatic heterocycles.